The minimum atomic E-state index is -3.13. The van der Waals surface area contributed by atoms with E-state index in [9.17, 15) is 8.42 Å². The second-order valence-electron chi connectivity index (χ2n) is 6.38. The molecule has 1 fully saturated rings. The highest BCUT2D eigenvalue weighted by Crippen LogP contribution is 2.19. The Balaban J connectivity index is 1.84. The van der Waals surface area contributed by atoms with Gasteiger partial charge in [-0.1, -0.05) is 0 Å². The first-order valence-electron chi connectivity index (χ1n) is 8.29. The summed E-state index contributed by atoms with van der Waals surface area (Å²) in [7, 11) is -1.40. The van der Waals surface area contributed by atoms with Gasteiger partial charge in [0, 0.05) is 48.4 Å². The first-order valence-corrected chi connectivity index (χ1v) is 11.0. The van der Waals surface area contributed by atoms with Crippen molar-refractivity contribution in [3.63, 3.8) is 0 Å². The highest BCUT2D eigenvalue weighted by atomic mass is 32.2. The first-order chi connectivity index (χ1) is 11.3. The second kappa shape index (κ2) is 8.31. The molecule has 0 saturated carbocycles. The summed E-state index contributed by atoms with van der Waals surface area (Å²) in [6, 6.07) is 4.56. The van der Waals surface area contributed by atoms with E-state index >= 15 is 0 Å². The number of guanidine groups is 1. The summed E-state index contributed by atoms with van der Waals surface area (Å²) >= 11 is 1.81. The molecule has 1 aromatic heterocycles. The Labute approximate surface area is 149 Å². The smallest absolute Gasteiger partial charge is 0.211 e. The van der Waals surface area contributed by atoms with Crippen LogP contribution >= 0.6 is 11.3 Å². The van der Waals surface area contributed by atoms with Crippen molar-refractivity contribution in [3.05, 3.63) is 21.9 Å². The molecule has 6 nitrogen and oxygen atoms in total. The number of rotatable bonds is 6. The Morgan fingerprint density at radius 2 is 2.25 bits per heavy atom. The fourth-order valence-corrected chi connectivity index (χ4v) is 5.24. The number of aryl methyl sites for hydroxylation is 1. The van der Waals surface area contributed by atoms with Crippen molar-refractivity contribution < 1.29 is 8.42 Å². The van der Waals surface area contributed by atoms with Crippen LogP contribution in [0.25, 0.3) is 0 Å². The van der Waals surface area contributed by atoms with Crippen LogP contribution in [-0.2, 0) is 16.4 Å². The molecule has 0 amide bonds. The molecular weight excluding hydrogens is 344 g/mol. The van der Waals surface area contributed by atoms with E-state index in [2.05, 4.69) is 41.6 Å². The van der Waals surface area contributed by atoms with Crippen LogP contribution in [0.3, 0.4) is 0 Å². The molecule has 0 spiro atoms. The lowest BCUT2D eigenvalue weighted by molar-refractivity contribution is 0.387. The van der Waals surface area contributed by atoms with Gasteiger partial charge in [0.05, 0.1) is 6.26 Å². The minimum absolute atomic E-state index is 0.00815. The average molecular weight is 373 g/mol. The third-order valence-electron chi connectivity index (χ3n) is 4.16. The summed E-state index contributed by atoms with van der Waals surface area (Å²) in [5, 5.41) is 6.65. The van der Waals surface area contributed by atoms with E-state index in [1.54, 1.807) is 11.4 Å². The number of nitrogens with one attached hydrogen (secondary N) is 2. The molecule has 0 bridgehead atoms. The van der Waals surface area contributed by atoms with Crippen molar-refractivity contribution in [2.24, 2.45) is 4.99 Å². The van der Waals surface area contributed by atoms with E-state index in [0.717, 1.165) is 25.2 Å². The van der Waals surface area contributed by atoms with Crippen LogP contribution in [0.5, 0.6) is 0 Å². The average Bonchev–Trinajstić information content (AvgIpc) is 3.11. The molecule has 136 valence electrons. The van der Waals surface area contributed by atoms with Crippen LogP contribution < -0.4 is 10.6 Å². The van der Waals surface area contributed by atoms with E-state index in [-0.39, 0.29) is 12.1 Å². The number of hydrogen-bond donors (Lipinski definition) is 2. The predicted octanol–water partition coefficient (Wildman–Crippen LogP) is 1.58. The SMILES string of the molecule is CN=C(NC[C@H]1CCCN1S(C)(=O)=O)NC(C)Cc1ccc(C)s1. The first kappa shape index (κ1) is 19.2. The van der Waals surface area contributed by atoms with Gasteiger partial charge < -0.3 is 10.6 Å². The van der Waals surface area contributed by atoms with Gasteiger partial charge in [-0.2, -0.15) is 4.31 Å². The van der Waals surface area contributed by atoms with Crippen LogP contribution in [0.4, 0.5) is 0 Å². The van der Waals surface area contributed by atoms with Crippen LogP contribution in [0.15, 0.2) is 17.1 Å². The predicted molar refractivity (Wildman–Crippen MR) is 101 cm³/mol. The van der Waals surface area contributed by atoms with Crippen molar-refractivity contribution in [3.8, 4) is 0 Å². The van der Waals surface area contributed by atoms with E-state index in [4.69, 9.17) is 0 Å². The van der Waals surface area contributed by atoms with Crippen molar-refractivity contribution >= 4 is 27.3 Å². The van der Waals surface area contributed by atoms with Gasteiger partial charge >= 0.3 is 0 Å². The van der Waals surface area contributed by atoms with Crippen molar-refractivity contribution in [1.29, 1.82) is 0 Å². The Kier molecular flexibility index (Phi) is 6.65. The van der Waals surface area contributed by atoms with E-state index < -0.39 is 10.0 Å². The highest BCUT2D eigenvalue weighted by Gasteiger charge is 2.31. The lowest BCUT2D eigenvalue weighted by Crippen LogP contribution is -2.48. The maximum Gasteiger partial charge on any atom is 0.211 e. The zero-order valence-corrected chi connectivity index (χ0v) is 16.5. The summed E-state index contributed by atoms with van der Waals surface area (Å²) < 4.78 is 25.2. The number of aliphatic imine (C=N–C) groups is 1. The van der Waals surface area contributed by atoms with Gasteiger partial charge in [0.25, 0.3) is 0 Å². The fraction of sp³-hybridized carbons (Fsp3) is 0.688. The number of hydrogen-bond acceptors (Lipinski definition) is 4. The fourth-order valence-electron chi connectivity index (χ4n) is 3.04. The lowest BCUT2D eigenvalue weighted by Gasteiger charge is -2.24. The Hall–Kier alpha value is -1.12. The third kappa shape index (κ3) is 5.46. The van der Waals surface area contributed by atoms with Gasteiger partial charge in [-0.15, -0.1) is 11.3 Å². The summed E-state index contributed by atoms with van der Waals surface area (Å²) in [5.74, 6) is 0.719. The molecule has 8 heteroatoms. The zero-order valence-electron chi connectivity index (χ0n) is 14.9. The van der Waals surface area contributed by atoms with Crippen LogP contribution in [-0.4, -0.2) is 57.2 Å². The normalized spacial score (nSPS) is 21.0. The maximum atomic E-state index is 11.8. The molecule has 1 unspecified atom stereocenters. The summed E-state index contributed by atoms with van der Waals surface area (Å²) in [5.41, 5.74) is 0. The van der Waals surface area contributed by atoms with Gasteiger partial charge in [-0.3, -0.25) is 4.99 Å². The molecular formula is C16H28N4O2S2. The van der Waals surface area contributed by atoms with Crippen molar-refractivity contribution in [1.82, 2.24) is 14.9 Å². The Bertz CT molecular complexity index is 669. The Morgan fingerprint density at radius 3 is 2.83 bits per heavy atom. The summed E-state index contributed by atoms with van der Waals surface area (Å²) in [4.78, 5) is 6.92. The molecule has 2 atom stereocenters. The highest BCUT2D eigenvalue weighted by molar-refractivity contribution is 7.88. The molecule has 0 aliphatic carbocycles. The molecule has 1 aliphatic rings. The monoisotopic (exact) mass is 372 g/mol. The van der Waals surface area contributed by atoms with E-state index in [0.29, 0.717) is 13.1 Å². The maximum absolute atomic E-state index is 11.8. The number of nitrogens with zero attached hydrogens (tertiary/aromatic N) is 2. The summed E-state index contributed by atoms with van der Waals surface area (Å²) in [6.07, 6.45) is 4.03. The Morgan fingerprint density at radius 1 is 1.50 bits per heavy atom. The van der Waals surface area contributed by atoms with Crippen LogP contribution in [0.2, 0.25) is 0 Å². The molecule has 24 heavy (non-hydrogen) atoms. The van der Waals surface area contributed by atoms with Gasteiger partial charge in [0.2, 0.25) is 10.0 Å². The molecule has 2 N–H and O–H groups in total. The number of sulfonamides is 1. The van der Waals surface area contributed by atoms with Crippen LogP contribution in [0.1, 0.15) is 29.5 Å². The van der Waals surface area contributed by atoms with Gasteiger partial charge in [0.1, 0.15) is 0 Å². The quantitative estimate of drug-likeness (QED) is 0.587. The van der Waals surface area contributed by atoms with Gasteiger partial charge in [0.15, 0.2) is 5.96 Å². The molecule has 2 heterocycles. The minimum Gasteiger partial charge on any atom is -0.355 e. The zero-order chi connectivity index (χ0) is 17.7. The number of thiophene rings is 1. The molecule has 0 radical (unpaired) electrons. The van der Waals surface area contributed by atoms with Crippen molar-refractivity contribution in [2.75, 3.05) is 26.4 Å². The van der Waals surface area contributed by atoms with E-state index in [1.807, 2.05) is 11.3 Å². The topological polar surface area (TPSA) is 73.8 Å². The molecule has 0 aromatic carbocycles. The molecule has 1 saturated heterocycles. The summed E-state index contributed by atoms with van der Waals surface area (Å²) in [6.45, 7) is 5.44. The molecule has 1 aliphatic heterocycles. The largest absolute Gasteiger partial charge is 0.355 e. The van der Waals surface area contributed by atoms with Gasteiger partial charge in [-0.05, 0) is 38.8 Å². The van der Waals surface area contributed by atoms with Gasteiger partial charge in [-0.25, -0.2) is 8.42 Å². The van der Waals surface area contributed by atoms with Crippen LogP contribution in [0, 0.1) is 6.92 Å². The molecule has 2 rings (SSSR count). The third-order valence-corrected chi connectivity index (χ3v) is 6.52. The van der Waals surface area contributed by atoms with Crippen molar-refractivity contribution in [2.45, 2.75) is 45.2 Å². The lowest BCUT2D eigenvalue weighted by atomic mass is 10.2. The van der Waals surface area contributed by atoms with E-state index in [1.165, 1.54) is 16.0 Å². The second-order valence-corrected chi connectivity index (χ2v) is 9.69. The standard InChI is InChI=1S/C16H28N4O2S2/c1-12(10-15-8-7-13(2)23-15)19-16(17-3)18-11-14-6-5-9-20(14)24(4,21)22/h7-8,12,14H,5-6,9-11H2,1-4H3,(H2,17,18,19)/t12?,14-/m1/s1. The molecule has 1 aromatic rings.